The van der Waals surface area contributed by atoms with E-state index in [0.717, 1.165) is 5.56 Å². The molecule has 126 valence electrons. The van der Waals surface area contributed by atoms with Gasteiger partial charge in [-0.05, 0) is 47.5 Å². The first kappa shape index (κ1) is 17.9. The number of aromatic carboxylic acids is 1. The fraction of sp³-hybridized carbons (Fsp3) is 0.0500. The second kappa shape index (κ2) is 8.40. The Morgan fingerprint density at radius 3 is 2.04 bits per heavy atom. The molecular formula is C20H16O5. The summed E-state index contributed by atoms with van der Waals surface area (Å²) in [5.41, 5.74) is 1.43. The van der Waals surface area contributed by atoms with Crippen LogP contribution in [-0.4, -0.2) is 27.7 Å². The molecule has 2 aromatic carbocycles. The van der Waals surface area contributed by atoms with Crippen molar-refractivity contribution < 1.29 is 24.6 Å². The highest BCUT2D eigenvalue weighted by atomic mass is 16.4. The van der Waals surface area contributed by atoms with Gasteiger partial charge in [-0.15, -0.1) is 0 Å². The number of aromatic hydroxyl groups is 1. The summed E-state index contributed by atoms with van der Waals surface area (Å²) in [4.78, 5) is 34.5. The number of ketones is 2. The van der Waals surface area contributed by atoms with E-state index in [4.69, 9.17) is 5.11 Å². The van der Waals surface area contributed by atoms with Crippen LogP contribution in [0, 0.1) is 0 Å². The number of hydrogen-bond acceptors (Lipinski definition) is 4. The summed E-state index contributed by atoms with van der Waals surface area (Å²) < 4.78 is 0. The number of rotatable bonds is 7. The van der Waals surface area contributed by atoms with Gasteiger partial charge in [-0.3, -0.25) is 9.59 Å². The van der Waals surface area contributed by atoms with Crippen LogP contribution in [-0.2, 0) is 9.59 Å². The summed E-state index contributed by atoms with van der Waals surface area (Å²) in [5.74, 6) is -1.63. The highest BCUT2D eigenvalue weighted by Crippen LogP contribution is 2.11. The Morgan fingerprint density at radius 1 is 0.840 bits per heavy atom. The molecule has 0 atom stereocenters. The zero-order valence-corrected chi connectivity index (χ0v) is 13.3. The smallest absolute Gasteiger partial charge is 0.335 e. The van der Waals surface area contributed by atoms with E-state index in [0.29, 0.717) is 5.56 Å². The van der Waals surface area contributed by atoms with Crippen molar-refractivity contribution in [3.05, 3.63) is 77.4 Å². The molecule has 0 spiro atoms. The van der Waals surface area contributed by atoms with Crippen LogP contribution in [0.25, 0.3) is 12.2 Å². The minimum atomic E-state index is -1.05. The standard InChI is InChI=1S/C20H16O5/c21-17-8-4-14(5-9-17)6-10-18(22)13-19(23)11-7-15-2-1-3-16(12-15)20(24)25/h1-12,21H,13H2,(H,24,25)/b10-6+,11-7+. The molecule has 0 saturated heterocycles. The fourth-order valence-electron chi connectivity index (χ4n) is 2.03. The molecule has 0 bridgehead atoms. The van der Waals surface area contributed by atoms with E-state index in [1.807, 2.05) is 0 Å². The first-order valence-corrected chi connectivity index (χ1v) is 7.48. The van der Waals surface area contributed by atoms with Crippen LogP contribution >= 0.6 is 0 Å². The van der Waals surface area contributed by atoms with Crippen LogP contribution in [0.5, 0.6) is 5.75 Å². The van der Waals surface area contributed by atoms with Crippen molar-refractivity contribution in [3.63, 3.8) is 0 Å². The summed E-state index contributed by atoms with van der Waals surface area (Å²) >= 11 is 0. The van der Waals surface area contributed by atoms with Gasteiger partial charge in [0.1, 0.15) is 5.75 Å². The Hall–Kier alpha value is -3.47. The van der Waals surface area contributed by atoms with Crippen molar-refractivity contribution in [1.82, 2.24) is 0 Å². The molecule has 25 heavy (non-hydrogen) atoms. The average molecular weight is 336 g/mol. The van der Waals surface area contributed by atoms with Crippen LogP contribution in [0.1, 0.15) is 27.9 Å². The molecule has 5 nitrogen and oxygen atoms in total. The minimum Gasteiger partial charge on any atom is -0.508 e. The van der Waals surface area contributed by atoms with E-state index in [9.17, 15) is 19.5 Å². The molecule has 0 aliphatic carbocycles. The molecule has 0 aromatic heterocycles. The molecule has 0 saturated carbocycles. The summed E-state index contributed by atoms with van der Waals surface area (Å²) in [6.45, 7) is 0. The molecule has 0 heterocycles. The van der Waals surface area contributed by atoms with Gasteiger partial charge in [0.15, 0.2) is 11.6 Å². The molecule has 0 aliphatic rings. The van der Waals surface area contributed by atoms with Crippen LogP contribution in [0.15, 0.2) is 60.7 Å². The van der Waals surface area contributed by atoms with Crippen molar-refractivity contribution in [1.29, 1.82) is 0 Å². The predicted octanol–water partition coefficient (Wildman–Crippen LogP) is 3.35. The van der Waals surface area contributed by atoms with E-state index in [-0.39, 0.29) is 29.3 Å². The normalized spacial score (nSPS) is 11.0. The molecule has 0 aliphatic heterocycles. The number of carboxylic acids is 1. The Kier molecular flexibility index (Phi) is 6.01. The van der Waals surface area contributed by atoms with Gasteiger partial charge in [0.25, 0.3) is 0 Å². The van der Waals surface area contributed by atoms with Crippen LogP contribution in [0.2, 0.25) is 0 Å². The van der Waals surface area contributed by atoms with Crippen molar-refractivity contribution in [2.75, 3.05) is 0 Å². The van der Waals surface area contributed by atoms with Gasteiger partial charge in [0.2, 0.25) is 0 Å². The number of phenolic OH excluding ortho intramolecular Hbond substituents is 1. The maximum atomic E-state index is 11.8. The lowest BCUT2D eigenvalue weighted by Gasteiger charge is -1.97. The highest BCUT2D eigenvalue weighted by molar-refractivity contribution is 6.10. The van der Waals surface area contributed by atoms with E-state index >= 15 is 0 Å². The minimum absolute atomic E-state index is 0.127. The Labute approximate surface area is 144 Å². The average Bonchev–Trinajstić information content (AvgIpc) is 2.60. The molecule has 0 radical (unpaired) electrons. The second-order valence-corrected chi connectivity index (χ2v) is 5.30. The van der Waals surface area contributed by atoms with Crippen LogP contribution in [0.4, 0.5) is 0 Å². The van der Waals surface area contributed by atoms with E-state index in [1.165, 1.54) is 42.5 Å². The topological polar surface area (TPSA) is 91.7 Å². The van der Waals surface area contributed by atoms with Crippen molar-refractivity contribution >= 4 is 29.7 Å². The molecule has 2 N–H and O–H groups in total. The number of carbonyl (C=O) groups excluding carboxylic acids is 2. The van der Waals surface area contributed by atoms with Crippen molar-refractivity contribution in [2.45, 2.75) is 6.42 Å². The van der Waals surface area contributed by atoms with Gasteiger partial charge < -0.3 is 10.2 Å². The summed E-state index contributed by atoms with van der Waals surface area (Å²) in [7, 11) is 0. The van der Waals surface area contributed by atoms with Gasteiger partial charge in [-0.1, -0.05) is 36.4 Å². The second-order valence-electron chi connectivity index (χ2n) is 5.30. The number of benzene rings is 2. The quantitative estimate of drug-likeness (QED) is 0.597. The van der Waals surface area contributed by atoms with E-state index < -0.39 is 5.97 Å². The third-order valence-electron chi connectivity index (χ3n) is 3.30. The third kappa shape index (κ3) is 5.91. The van der Waals surface area contributed by atoms with Gasteiger partial charge in [-0.2, -0.15) is 0 Å². The SMILES string of the molecule is O=C(/C=C/c1ccc(O)cc1)CC(=O)/C=C/c1cccc(C(=O)O)c1. The summed E-state index contributed by atoms with van der Waals surface area (Å²) in [5, 5.41) is 18.1. The fourth-order valence-corrected chi connectivity index (χ4v) is 2.03. The van der Waals surface area contributed by atoms with Gasteiger partial charge in [0.05, 0.1) is 12.0 Å². The lowest BCUT2D eigenvalue weighted by Crippen LogP contribution is -2.02. The largest absolute Gasteiger partial charge is 0.508 e. The Balaban J connectivity index is 1.92. The number of carbonyl (C=O) groups is 3. The van der Waals surface area contributed by atoms with E-state index in [2.05, 4.69) is 0 Å². The summed E-state index contributed by atoms with van der Waals surface area (Å²) in [6.07, 6.45) is 5.33. The number of carboxylic acid groups (broad SMARTS) is 1. The maximum Gasteiger partial charge on any atom is 0.335 e. The van der Waals surface area contributed by atoms with Crippen molar-refractivity contribution in [3.8, 4) is 5.75 Å². The maximum absolute atomic E-state index is 11.8. The molecular weight excluding hydrogens is 320 g/mol. The van der Waals surface area contributed by atoms with Crippen LogP contribution in [0.3, 0.4) is 0 Å². The first-order chi connectivity index (χ1) is 11.9. The molecule has 5 heteroatoms. The van der Waals surface area contributed by atoms with Crippen LogP contribution < -0.4 is 0 Å². The monoisotopic (exact) mass is 336 g/mol. The molecule has 0 amide bonds. The number of allylic oxidation sites excluding steroid dienone is 2. The lowest BCUT2D eigenvalue weighted by molar-refractivity contribution is -0.121. The first-order valence-electron chi connectivity index (χ1n) is 7.48. The van der Waals surface area contributed by atoms with Gasteiger partial charge in [-0.25, -0.2) is 4.79 Å². The van der Waals surface area contributed by atoms with E-state index in [1.54, 1.807) is 30.3 Å². The Morgan fingerprint density at radius 2 is 1.44 bits per heavy atom. The Bertz CT molecular complexity index is 845. The molecule has 2 rings (SSSR count). The molecule has 2 aromatic rings. The zero-order chi connectivity index (χ0) is 18.2. The number of phenols is 1. The molecule has 0 unspecified atom stereocenters. The highest BCUT2D eigenvalue weighted by Gasteiger charge is 2.05. The summed E-state index contributed by atoms with van der Waals surface area (Å²) in [6, 6.07) is 12.5. The van der Waals surface area contributed by atoms with Crippen molar-refractivity contribution in [2.24, 2.45) is 0 Å². The predicted molar refractivity (Wildman–Crippen MR) is 94.2 cm³/mol. The third-order valence-corrected chi connectivity index (χ3v) is 3.30. The van der Waals surface area contributed by atoms with Gasteiger partial charge in [0, 0.05) is 0 Å². The van der Waals surface area contributed by atoms with Gasteiger partial charge >= 0.3 is 5.97 Å². The zero-order valence-electron chi connectivity index (χ0n) is 13.3. The lowest BCUT2D eigenvalue weighted by atomic mass is 10.1. The number of hydrogen-bond donors (Lipinski definition) is 2. The molecule has 0 fully saturated rings.